The summed E-state index contributed by atoms with van der Waals surface area (Å²) in [5.41, 5.74) is 13.6. The number of imidazole rings is 2. The van der Waals surface area contributed by atoms with Crippen LogP contribution in [0.15, 0.2) is 90.7 Å². The second kappa shape index (κ2) is 19.9. The Morgan fingerprint density at radius 1 is 0.759 bits per heavy atom. The topological polar surface area (TPSA) is 72.9 Å². The first-order valence-corrected chi connectivity index (χ1v) is 20.8. The van der Waals surface area contributed by atoms with E-state index in [1.54, 1.807) is 0 Å². The van der Waals surface area contributed by atoms with Crippen molar-refractivity contribution in [2.45, 2.75) is 115 Å². The number of allylic oxidation sites excluding steroid dienone is 2. The Morgan fingerprint density at radius 3 is 1.83 bits per heavy atom. The van der Waals surface area contributed by atoms with Crippen LogP contribution in [0.2, 0.25) is 0 Å². The van der Waals surface area contributed by atoms with Gasteiger partial charge in [0.25, 0.3) is 0 Å². The van der Waals surface area contributed by atoms with Crippen LogP contribution in [0.5, 0.6) is 0 Å². The third kappa shape index (κ3) is 10.7. The van der Waals surface area contributed by atoms with Crippen LogP contribution < -0.4 is 0 Å². The van der Waals surface area contributed by atoms with Gasteiger partial charge in [-0.3, -0.25) is 14.3 Å². The third-order valence-electron chi connectivity index (χ3n) is 10.9. The van der Waals surface area contributed by atoms with E-state index in [1.165, 1.54) is 39.5 Å². The van der Waals surface area contributed by atoms with Crippen molar-refractivity contribution >= 4 is 17.1 Å². The molecule has 6 aromatic rings. The molecule has 7 heteroatoms. The van der Waals surface area contributed by atoms with Gasteiger partial charge in [-0.25, -0.2) is 4.98 Å². The van der Waals surface area contributed by atoms with Gasteiger partial charge < -0.3 is 9.67 Å². The van der Waals surface area contributed by atoms with Crippen molar-refractivity contribution in [1.29, 1.82) is 0 Å². The molecular formula is C51H63IrN4O2-. The zero-order valence-electron chi connectivity index (χ0n) is 36.8. The molecular weight excluding hydrogens is 893 g/mol. The van der Waals surface area contributed by atoms with E-state index in [0.717, 1.165) is 77.5 Å². The van der Waals surface area contributed by atoms with Gasteiger partial charge in [0, 0.05) is 49.4 Å². The maximum Gasteiger partial charge on any atom is 0.188 e. The Labute approximate surface area is 361 Å². The van der Waals surface area contributed by atoms with Crippen LogP contribution in [-0.2, 0) is 31.3 Å². The van der Waals surface area contributed by atoms with Gasteiger partial charge in [0.15, 0.2) is 17.1 Å². The van der Waals surface area contributed by atoms with Gasteiger partial charge in [0.1, 0.15) is 5.82 Å². The molecule has 0 spiro atoms. The van der Waals surface area contributed by atoms with E-state index in [4.69, 9.17) is 9.97 Å². The molecule has 6 nitrogen and oxygen atoms in total. The van der Waals surface area contributed by atoms with Gasteiger partial charge in [-0.15, -0.1) is 34.9 Å². The summed E-state index contributed by atoms with van der Waals surface area (Å²) in [5, 5.41) is 9.76. The zero-order valence-corrected chi connectivity index (χ0v) is 39.1. The number of ketones is 1. The fourth-order valence-electron chi connectivity index (χ4n) is 7.92. The minimum atomic E-state index is 0. The molecule has 0 fully saturated rings. The first-order valence-electron chi connectivity index (χ1n) is 20.8. The predicted octanol–water partition coefficient (Wildman–Crippen LogP) is 13.3. The van der Waals surface area contributed by atoms with Crippen LogP contribution in [0.4, 0.5) is 0 Å². The predicted molar refractivity (Wildman–Crippen MR) is 239 cm³/mol. The molecule has 0 aliphatic heterocycles. The van der Waals surface area contributed by atoms with Crippen molar-refractivity contribution in [3.05, 3.63) is 130 Å². The van der Waals surface area contributed by atoms with Gasteiger partial charge in [0.2, 0.25) is 0 Å². The van der Waals surface area contributed by atoms with E-state index in [0.29, 0.717) is 0 Å². The van der Waals surface area contributed by atoms with Gasteiger partial charge in [-0.05, 0) is 98.2 Å². The number of nitrogens with zero attached hydrogens (tertiary/aromatic N) is 4. The number of carbonyl (C=O) groups excluding carboxylic acids is 1. The van der Waals surface area contributed by atoms with E-state index < -0.39 is 0 Å². The number of aryl methyl sites for hydroxylation is 5. The largest absolute Gasteiger partial charge is 0.512 e. The number of para-hydroxylation sites is 1. The minimum absolute atomic E-state index is 0. The second-order valence-electron chi connectivity index (χ2n) is 16.9. The molecule has 1 N–H and O–H groups in total. The Morgan fingerprint density at radius 2 is 1.31 bits per heavy atom. The van der Waals surface area contributed by atoms with Gasteiger partial charge in [-0.1, -0.05) is 117 Å². The summed E-state index contributed by atoms with van der Waals surface area (Å²) in [6.45, 7) is 25.5. The molecule has 1 radical (unpaired) electrons. The molecule has 0 saturated carbocycles. The van der Waals surface area contributed by atoms with Crippen molar-refractivity contribution in [1.82, 2.24) is 19.1 Å². The molecule has 0 saturated heterocycles. The average molecular weight is 956 g/mol. The molecule has 0 bridgehead atoms. The van der Waals surface area contributed by atoms with Crippen LogP contribution in [0.3, 0.4) is 0 Å². The van der Waals surface area contributed by atoms with Gasteiger partial charge in [-0.2, -0.15) is 0 Å². The molecule has 0 aliphatic carbocycles. The normalized spacial score (nSPS) is 11.9. The average Bonchev–Trinajstić information content (AvgIpc) is 3.67. The number of benzene rings is 4. The Kier molecular flexibility index (Phi) is 15.8. The standard InChI is InChI=1S/C38H39N4.C13H24O2.Ir/c1-24-20-25(2)22-32(21-24)36-40-35-37(42(36)34-26(3)10-9-11-27(34)4)41(28(5)39-35)33-18-16-31(17-19-33)30-14-12-29(13-15-30)23-38(6,7)8;1-5-10(6-2)12(14)9-13(15)11(7-3)8-4;/h9-21H,23H2,1-8H3;9-11,14H,5-8H2,1-4H3;/q-1;;/b;12-9-;. The van der Waals surface area contributed by atoms with Crippen LogP contribution in [0.1, 0.15) is 108 Å². The SMILES string of the molecule is CCC(CC)C(=O)/C=C(\O)C(CC)CC.Cc1[c-]c(-c2nc3nc(C)n(-c4ccc(-c5ccc(CC(C)(C)C)cc5)cc4)c3n2-c2c(C)cccc2C)cc(C)c1.[Ir]. The monoisotopic (exact) mass is 956 g/mol. The van der Waals surface area contributed by atoms with E-state index in [-0.39, 0.29) is 48.9 Å². The molecule has 0 amide bonds. The summed E-state index contributed by atoms with van der Waals surface area (Å²) in [4.78, 5) is 21.8. The summed E-state index contributed by atoms with van der Waals surface area (Å²) < 4.78 is 4.52. The fraction of sp³-hybridized carbons (Fsp3) is 0.392. The molecule has 0 unspecified atom stereocenters. The van der Waals surface area contributed by atoms with Crippen LogP contribution >= 0.6 is 0 Å². The molecule has 2 aromatic heterocycles. The molecule has 0 atom stereocenters. The number of fused-ring (bicyclic) bond motifs is 1. The Balaban J connectivity index is 0.000000398. The van der Waals surface area contributed by atoms with Crippen molar-refractivity contribution < 1.29 is 30.0 Å². The van der Waals surface area contributed by atoms with Crippen LogP contribution in [0.25, 0.3) is 45.2 Å². The van der Waals surface area contributed by atoms with Crippen molar-refractivity contribution in [3.63, 3.8) is 0 Å². The summed E-state index contributed by atoms with van der Waals surface area (Å²) in [5.74, 6) is 2.31. The summed E-state index contributed by atoms with van der Waals surface area (Å²) in [6, 6.07) is 32.1. The minimum Gasteiger partial charge on any atom is -0.512 e. The van der Waals surface area contributed by atoms with Crippen molar-refractivity contribution in [2.75, 3.05) is 0 Å². The zero-order chi connectivity index (χ0) is 41.6. The van der Waals surface area contributed by atoms with Crippen LogP contribution in [0, 0.1) is 57.9 Å². The summed E-state index contributed by atoms with van der Waals surface area (Å²) in [7, 11) is 0. The molecule has 4 aromatic carbocycles. The van der Waals surface area contributed by atoms with E-state index in [1.807, 2.05) is 27.7 Å². The smallest absolute Gasteiger partial charge is 0.188 e. The molecule has 6 rings (SSSR count). The Hall–Kier alpha value is -4.58. The summed E-state index contributed by atoms with van der Waals surface area (Å²) >= 11 is 0. The molecule has 2 heterocycles. The number of hydrogen-bond acceptors (Lipinski definition) is 4. The maximum atomic E-state index is 11.7. The maximum absolute atomic E-state index is 11.7. The molecule has 58 heavy (non-hydrogen) atoms. The van der Waals surface area contributed by atoms with Gasteiger partial charge in [0.05, 0.1) is 11.6 Å². The fourth-order valence-corrected chi connectivity index (χ4v) is 7.92. The van der Waals surface area contributed by atoms with E-state index >= 15 is 0 Å². The van der Waals surface area contributed by atoms with Crippen LogP contribution in [-0.4, -0.2) is 30.0 Å². The first kappa shape index (κ1) is 46.1. The van der Waals surface area contributed by atoms with Gasteiger partial charge >= 0.3 is 0 Å². The number of aromatic nitrogens is 4. The number of aliphatic hydroxyl groups excluding tert-OH is 1. The number of hydrogen-bond donors (Lipinski definition) is 1. The third-order valence-corrected chi connectivity index (χ3v) is 10.9. The first-order chi connectivity index (χ1) is 27.1. The molecule has 309 valence electrons. The summed E-state index contributed by atoms with van der Waals surface area (Å²) in [6.07, 6.45) is 5.97. The number of rotatable bonds is 12. The number of carbonyl (C=O) groups is 1. The van der Waals surface area contributed by atoms with E-state index in [2.05, 4.69) is 149 Å². The Bertz CT molecular complexity index is 2290. The molecule has 0 aliphatic rings. The second-order valence-corrected chi connectivity index (χ2v) is 16.9. The van der Waals surface area contributed by atoms with Crippen molar-refractivity contribution in [2.24, 2.45) is 17.3 Å². The van der Waals surface area contributed by atoms with E-state index in [9.17, 15) is 9.90 Å². The van der Waals surface area contributed by atoms with Crippen molar-refractivity contribution in [3.8, 4) is 33.9 Å². The number of aliphatic hydroxyl groups is 1. The quantitative estimate of drug-likeness (QED) is 0.0753.